The zero-order chi connectivity index (χ0) is 24.1. The number of rotatable bonds is 8. The van der Waals surface area contributed by atoms with Gasteiger partial charge in [-0.05, 0) is 36.8 Å². The van der Waals surface area contributed by atoms with Gasteiger partial charge in [0.15, 0.2) is 16.0 Å². The largest absolute Gasteiger partial charge is 0.321 e. The third-order valence-electron chi connectivity index (χ3n) is 4.46. The number of thiazole rings is 1. The molecule has 2 N–H and O–H groups in total. The van der Waals surface area contributed by atoms with Crippen LogP contribution in [0.15, 0.2) is 76.4 Å². The van der Waals surface area contributed by atoms with Crippen molar-refractivity contribution in [3.8, 4) is 0 Å². The Labute approximate surface area is 209 Å². The van der Waals surface area contributed by atoms with Gasteiger partial charge >= 0.3 is 0 Å². The number of carbonyl (C=O) groups is 1. The van der Waals surface area contributed by atoms with Crippen molar-refractivity contribution in [2.24, 2.45) is 0 Å². The van der Waals surface area contributed by atoms with Crippen LogP contribution in [0, 0.1) is 6.92 Å². The molecule has 0 unspecified atom stereocenters. The average Bonchev–Trinajstić information content (AvgIpc) is 3.31. The number of sulfonamides is 1. The van der Waals surface area contributed by atoms with Crippen LogP contribution in [0.3, 0.4) is 0 Å². The number of amides is 1. The van der Waals surface area contributed by atoms with Gasteiger partial charge in [-0.2, -0.15) is 0 Å². The summed E-state index contributed by atoms with van der Waals surface area (Å²) in [7, 11) is -3.78. The lowest BCUT2D eigenvalue weighted by molar-refractivity contribution is 0.102. The van der Waals surface area contributed by atoms with Gasteiger partial charge in [-0.15, -0.1) is 11.3 Å². The van der Waals surface area contributed by atoms with Crippen LogP contribution >= 0.6 is 34.7 Å². The maximum absolute atomic E-state index is 12.8. The number of hydrogen-bond donors (Lipinski definition) is 2. The molecule has 0 spiro atoms. The highest BCUT2D eigenvalue weighted by atomic mass is 35.5. The summed E-state index contributed by atoms with van der Waals surface area (Å²) < 4.78 is 27.3. The van der Waals surface area contributed by atoms with E-state index in [4.69, 9.17) is 11.6 Å². The van der Waals surface area contributed by atoms with E-state index in [1.165, 1.54) is 59.8 Å². The molecule has 34 heavy (non-hydrogen) atoms. The Kier molecular flexibility index (Phi) is 7.47. The minimum absolute atomic E-state index is 0.0329. The van der Waals surface area contributed by atoms with Gasteiger partial charge in [0.2, 0.25) is 0 Å². The van der Waals surface area contributed by atoms with Gasteiger partial charge in [-0.1, -0.05) is 53.2 Å². The molecular weight excluding hydrogens is 514 g/mol. The minimum Gasteiger partial charge on any atom is -0.321 e. The number of anilines is 2. The first-order valence-corrected chi connectivity index (χ1v) is 13.6. The summed E-state index contributed by atoms with van der Waals surface area (Å²) >= 11 is 8.73. The molecule has 4 rings (SSSR count). The predicted octanol–water partition coefficient (Wildman–Crippen LogP) is 5.24. The highest BCUT2D eigenvalue weighted by Gasteiger charge is 2.18. The van der Waals surface area contributed by atoms with Crippen LogP contribution in [-0.2, 0) is 15.8 Å². The summed E-state index contributed by atoms with van der Waals surface area (Å²) in [6.45, 7) is 2.02. The van der Waals surface area contributed by atoms with Gasteiger partial charge in [0, 0.05) is 23.0 Å². The van der Waals surface area contributed by atoms with Crippen LogP contribution in [0.4, 0.5) is 10.8 Å². The molecule has 0 saturated heterocycles. The molecule has 0 radical (unpaired) electrons. The van der Waals surface area contributed by atoms with Crippen LogP contribution in [-0.4, -0.2) is 29.3 Å². The van der Waals surface area contributed by atoms with Crippen molar-refractivity contribution in [2.45, 2.75) is 22.7 Å². The monoisotopic (exact) mass is 531 g/mol. The maximum Gasteiger partial charge on any atom is 0.275 e. The maximum atomic E-state index is 12.8. The predicted molar refractivity (Wildman–Crippen MR) is 135 cm³/mol. The van der Waals surface area contributed by atoms with E-state index < -0.39 is 15.9 Å². The summed E-state index contributed by atoms with van der Waals surface area (Å²) in [5, 5.41) is 5.16. The standard InChI is InChI=1S/C22H18ClN5O3S3/c1-14-3-2-4-15(11-14)13-33-21-25-12-18(23)19(27-21)20(29)26-16-5-7-17(8-6-16)34(30,31)28-22-24-9-10-32-22/h2-12H,13H2,1H3,(H,24,28)(H,26,29). The number of halogens is 1. The van der Waals surface area contributed by atoms with E-state index in [9.17, 15) is 13.2 Å². The van der Waals surface area contributed by atoms with Gasteiger partial charge in [0.25, 0.3) is 15.9 Å². The third-order valence-corrected chi connectivity index (χ3v) is 7.85. The van der Waals surface area contributed by atoms with E-state index in [-0.39, 0.29) is 20.7 Å². The Balaban J connectivity index is 1.43. The van der Waals surface area contributed by atoms with Crippen molar-refractivity contribution in [1.29, 1.82) is 0 Å². The molecule has 2 aromatic carbocycles. The topological polar surface area (TPSA) is 114 Å². The summed E-state index contributed by atoms with van der Waals surface area (Å²) in [5.41, 5.74) is 2.70. The van der Waals surface area contributed by atoms with Crippen LogP contribution in [0.25, 0.3) is 0 Å². The van der Waals surface area contributed by atoms with Crippen molar-refractivity contribution < 1.29 is 13.2 Å². The highest BCUT2D eigenvalue weighted by molar-refractivity contribution is 7.98. The van der Waals surface area contributed by atoms with Crippen molar-refractivity contribution in [2.75, 3.05) is 10.0 Å². The number of hydrogen-bond acceptors (Lipinski definition) is 8. The molecule has 0 fully saturated rings. The lowest BCUT2D eigenvalue weighted by atomic mass is 10.2. The van der Waals surface area contributed by atoms with Gasteiger partial charge in [0.05, 0.1) is 16.1 Å². The number of nitrogens with one attached hydrogen (secondary N) is 2. The van der Waals surface area contributed by atoms with Crippen molar-refractivity contribution in [3.63, 3.8) is 0 Å². The Morgan fingerprint density at radius 3 is 2.65 bits per heavy atom. The fourth-order valence-electron chi connectivity index (χ4n) is 2.88. The summed E-state index contributed by atoms with van der Waals surface area (Å²) in [6, 6.07) is 13.8. The van der Waals surface area contributed by atoms with Gasteiger partial charge in [-0.3, -0.25) is 9.52 Å². The number of carbonyl (C=O) groups excluding carboxylic acids is 1. The molecule has 2 heterocycles. The zero-order valence-electron chi connectivity index (χ0n) is 17.7. The first-order chi connectivity index (χ1) is 16.3. The minimum atomic E-state index is -3.78. The molecule has 174 valence electrons. The molecule has 0 atom stereocenters. The Hall–Kier alpha value is -2.99. The van der Waals surface area contributed by atoms with Gasteiger partial charge in [0.1, 0.15) is 0 Å². The molecule has 0 aliphatic rings. The van der Waals surface area contributed by atoms with Crippen LogP contribution in [0.1, 0.15) is 21.6 Å². The lowest BCUT2D eigenvalue weighted by Gasteiger charge is -2.09. The Bertz CT molecular complexity index is 1410. The molecule has 1 amide bonds. The molecule has 0 saturated carbocycles. The lowest BCUT2D eigenvalue weighted by Crippen LogP contribution is -2.16. The first-order valence-electron chi connectivity index (χ1n) is 9.85. The van der Waals surface area contributed by atoms with Crippen LogP contribution in [0.2, 0.25) is 5.02 Å². The number of thioether (sulfide) groups is 1. The van der Waals surface area contributed by atoms with Crippen LogP contribution in [0.5, 0.6) is 0 Å². The fraction of sp³-hybridized carbons (Fsp3) is 0.0909. The van der Waals surface area contributed by atoms with Gasteiger partial charge < -0.3 is 5.32 Å². The van der Waals surface area contributed by atoms with E-state index in [1.807, 2.05) is 25.1 Å². The quantitative estimate of drug-likeness (QED) is 0.236. The average molecular weight is 532 g/mol. The molecule has 4 aromatic rings. The second-order valence-corrected chi connectivity index (χ2v) is 11.0. The number of benzene rings is 2. The van der Waals surface area contributed by atoms with Crippen molar-refractivity contribution >= 4 is 61.4 Å². The molecule has 2 aromatic heterocycles. The molecule has 0 aliphatic carbocycles. The third kappa shape index (κ3) is 6.11. The molecule has 0 aliphatic heterocycles. The fourth-order valence-corrected chi connectivity index (χ4v) is 5.61. The van der Waals surface area contributed by atoms with E-state index in [0.717, 1.165) is 11.1 Å². The summed E-state index contributed by atoms with van der Waals surface area (Å²) in [4.78, 5) is 25.2. The molecule has 12 heteroatoms. The summed E-state index contributed by atoms with van der Waals surface area (Å²) in [5.74, 6) is 0.122. The van der Waals surface area contributed by atoms with E-state index in [2.05, 4.69) is 31.1 Å². The Morgan fingerprint density at radius 1 is 1.15 bits per heavy atom. The second kappa shape index (κ2) is 10.5. The SMILES string of the molecule is Cc1cccc(CSc2ncc(Cl)c(C(=O)Nc3ccc(S(=O)(=O)Nc4nccs4)cc3)n2)c1. The number of aromatic nitrogens is 3. The molecule has 0 bridgehead atoms. The van der Waals surface area contributed by atoms with Gasteiger partial charge in [-0.25, -0.2) is 23.4 Å². The van der Waals surface area contributed by atoms with E-state index >= 15 is 0 Å². The number of aryl methyl sites for hydroxylation is 1. The molecule has 8 nitrogen and oxygen atoms in total. The van der Waals surface area contributed by atoms with E-state index in [1.54, 1.807) is 5.38 Å². The normalized spacial score (nSPS) is 11.2. The molecular formula is C22H18ClN5O3S3. The van der Waals surface area contributed by atoms with Crippen molar-refractivity contribution in [3.05, 3.63) is 88.1 Å². The smallest absolute Gasteiger partial charge is 0.275 e. The van der Waals surface area contributed by atoms with Crippen LogP contribution < -0.4 is 10.0 Å². The van der Waals surface area contributed by atoms with Crippen molar-refractivity contribution in [1.82, 2.24) is 15.0 Å². The summed E-state index contributed by atoms with van der Waals surface area (Å²) in [6.07, 6.45) is 2.90. The second-order valence-electron chi connectivity index (χ2n) is 7.05. The zero-order valence-corrected chi connectivity index (χ0v) is 20.9. The highest BCUT2D eigenvalue weighted by Crippen LogP contribution is 2.24. The number of nitrogens with zero attached hydrogens (tertiary/aromatic N) is 3. The Morgan fingerprint density at radius 2 is 1.94 bits per heavy atom. The first kappa shape index (κ1) is 24.1. The van der Waals surface area contributed by atoms with E-state index in [0.29, 0.717) is 16.6 Å².